The summed E-state index contributed by atoms with van der Waals surface area (Å²) >= 11 is 0. The molecule has 3 heteroatoms. The van der Waals surface area contributed by atoms with Crippen LogP contribution in [0.1, 0.15) is 31.2 Å². The molecule has 3 nitrogen and oxygen atoms in total. The van der Waals surface area contributed by atoms with Gasteiger partial charge in [0.25, 0.3) is 0 Å². The molecule has 0 spiro atoms. The molecular weight excluding hydrogens is 260 g/mol. The third kappa shape index (κ3) is 5.18. The number of likely N-dealkylation sites (tertiary alicyclic amines) is 1. The van der Waals surface area contributed by atoms with Gasteiger partial charge < -0.3 is 10.4 Å². The van der Waals surface area contributed by atoms with Crippen molar-refractivity contribution < 1.29 is 5.11 Å². The number of hydrogen-bond acceptors (Lipinski definition) is 3. The van der Waals surface area contributed by atoms with Gasteiger partial charge in [0.1, 0.15) is 0 Å². The van der Waals surface area contributed by atoms with Crippen LogP contribution < -0.4 is 5.32 Å². The zero-order valence-electron chi connectivity index (χ0n) is 12.9. The number of allylic oxidation sites excluding steroid dienone is 1. The van der Waals surface area contributed by atoms with E-state index in [-0.39, 0.29) is 0 Å². The van der Waals surface area contributed by atoms with Gasteiger partial charge in [0.05, 0.1) is 0 Å². The Morgan fingerprint density at radius 3 is 2.76 bits per heavy atom. The number of benzene rings is 1. The smallest absolute Gasteiger partial charge is 0.0460 e. The van der Waals surface area contributed by atoms with E-state index in [9.17, 15) is 5.11 Å². The number of rotatable bonds is 8. The van der Waals surface area contributed by atoms with E-state index in [0.29, 0.717) is 12.5 Å². The summed E-state index contributed by atoms with van der Waals surface area (Å²) in [6.45, 7) is 8.29. The lowest BCUT2D eigenvalue weighted by atomic mass is 9.97. The molecule has 1 fully saturated rings. The predicted octanol–water partition coefficient (Wildman–Crippen LogP) is 3.27. The molecule has 1 aliphatic rings. The number of hydrogen-bond donors (Lipinski definition) is 2. The van der Waals surface area contributed by atoms with Crippen LogP contribution in [-0.4, -0.2) is 36.2 Å². The largest absolute Gasteiger partial charge is 0.396 e. The molecule has 0 saturated carbocycles. The number of nitrogens with one attached hydrogen (secondary N) is 1. The first-order valence-corrected chi connectivity index (χ1v) is 8.09. The van der Waals surface area contributed by atoms with Crippen molar-refractivity contribution in [3.63, 3.8) is 0 Å². The number of unbranched alkanes of at least 4 members (excludes halogenated alkanes) is 1. The lowest BCUT2D eigenvalue weighted by molar-refractivity contribution is 0.127. The molecule has 0 amide bonds. The number of nitrogens with zero attached hydrogens (tertiary/aromatic N) is 1. The van der Waals surface area contributed by atoms with Gasteiger partial charge >= 0.3 is 0 Å². The predicted molar refractivity (Wildman–Crippen MR) is 89.4 cm³/mol. The third-order valence-corrected chi connectivity index (χ3v) is 4.28. The molecule has 0 aliphatic carbocycles. The lowest BCUT2D eigenvalue weighted by Gasteiger charge is -2.31. The molecule has 2 N–H and O–H groups in total. The number of para-hydroxylation sites is 1. The van der Waals surface area contributed by atoms with Gasteiger partial charge in [0.2, 0.25) is 0 Å². The van der Waals surface area contributed by atoms with Gasteiger partial charge in [-0.2, -0.15) is 0 Å². The highest BCUT2D eigenvalue weighted by Crippen LogP contribution is 2.22. The zero-order valence-corrected chi connectivity index (χ0v) is 12.9. The second-order valence-corrected chi connectivity index (χ2v) is 5.92. The SMILES string of the molecule is C=CCCCNc1ccccc1CN1CCC(CO)CC1. The van der Waals surface area contributed by atoms with Crippen LogP contribution in [0.15, 0.2) is 36.9 Å². The van der Waals surface area contributed by atoms with Crippen LogP contribution in [0.4, 0.5) is 5.69 Å². The first-order chi connectivity index (χ1) is 10.3. The van der Waals surface area contributed by atoms with Crippen molar-refractivity contribution in [3.05, 3.63) is 42.5 Å². The van der Waals surface area contributed by atoms with Crippen LogP contribution in [0.2, 0.25) is 0 Å². The highest BCUT2D eigenvalue weighted by atomic mass is 16.3. The molecular formula is C18H28N2O. The highest BCUT2D eigenvalue weighted by Gasteiger charge is 2.19. The molecule has 0 radical (unpaired) electrons. The summed E-state index contributed by atoms with van der Waals surface area (Å²) in [5.74, 6) is 0.508. The van der Waals surface area contributed by atoms with Crippen molar-refractivity contribution in [2.75, 3.05) is 31.6 Å². The zero-order chi connectivity index (χ0) is 14.9. The maximum absolute atomic E-state index is 9.22. The van der Waals surface area contributed by atoms with Gasteiger partial charge in [-0.05, 0) is 56.3 Å². The first kappa shape index (κ1) is 16.1. The number of aliphatic hydroxyl groups is 1. The average molecular weight is 288 g/mol. The van der Waals surface area contributed by atoms with E-state index < -0.39 is 0 Å². The minimum atomic E-state index is 0.343. The van der Waals surface area contributed by atoms with Crippen LogP contribution in [0.25, 0.3) is 0 Å². The Morgan fingerprint density at radius 1 is 1.29 bits per heavy atom. The molecule has 0 unspecified atom stereocenters. The molecule has 1 aromatic carbocycles. The summed E-state index contributed by atoms with van der Waals surface area (Å²) in [5.41, 5.74) is 2.63. The van der Waals surface area contributed by atoms with Crippen LogP contribution in [-0.2, 0) is 6.54 Å². The fraction of sp³-hybridized carbons (Fsp3) is 0.556. The molecule has 2 rings (SSSR count). The van der Waals surface area contributed by atoms with Crippen LogP contribution in [0.5, 0.6) is 0 Å². The van der Waals surface area contributed by atoms with Crippen molar-refractivity contribution in [1.29, 1.82) is 0 Å². The van der Waals surface area contributed by atoms with Gasteiger partial charge in [-0.15, -0.1) is 6.58 Å². The fourth-order valence-corrected chi connectivity index (χ4v) is 2.87. The van der Waals surface area contributed by atoms with Gasteiger partial charge in [-0.3, -0.25) is 4.90 Å². The topological polar surface area (TPSA) is 35.5 Å². The van der Waals surface area contributed by atoms with E-state index in [2.05, 4.69) is 41.1 Å². The summed E-state index contributed by atoms with van der Waals surface area (Å²) in [4.78, 5) is 2.50. The summed E-state index contributed by atoms with van der Waals surface area (Å²) < 4.78 is 0. The number of aliphatic hydroxyl groups excluding tert-OH is 1. The Morgan fingerprint density at radius 2 is 2.05 bits per heavy atom. The molecule has 116 valence electrons. The Kier molecular flexibility index (Phi) is 6.77. The highest BCUT2D eigenvalue weighted by molar-refractivity contribution is 5.51. The second-order valence-electron chi connectivity index (χ2n) is 5.92. The van der Waals surface area contributed by atoms with E-state index in [1.165, 1.54) is 11.3 Å². The third-order valence-electron chi connectivity index (χ3n) is 4.28. The van der Waals surface area contributed by atoms with Crippen molar-refractivity contribution in [2.45, 2.75) is 32.2 Å². The van der Waals surface area contributed by atoms with E-state index in [0.717, 1.165) is 51.9 Å². The standard InChI is InChI=1S/C18H28N2O/c1-2-3-6-11-19-18-8-5-4-7-17(18)14-20-12-9-16(15-21)10-13-20/h2,4-5,7-8,16,19,21H,1,3,6,9-15H2. The van der Waals surface area contributed by atoms with Crippen LogP contribution in [0.3, 0.4) is 0 Å². The second kappa shape index (κ2) is 8.85. The van der Waals surface area contributed by atoms with Gasteiger partial charge in [0, 0.05) is 25.4 Å². The van der Waals surface area contributed by atoms with Crippen LogP contribution in [0, 0.1) is 5.92 Å². The minimum Gasteiger partial charge on any atom is -0.396 e. The van der Waals surface area contributed by atoms with E-state index >= 15 is 0 Å². The van der Waals surface area contributed by atoms with E-state index in [1.807, 2.05) is 6.08 Å². The summed E-state index contributed by atoms with van der Waals surface area (Å²) in [5, 5.41) is 12.8. The van der Waals surface area contributed by atoms with Gasteiger partial charge in [-0.25, -0.2) is 0 Å². The Balaban J connectivity index is 1.86. The molecule has 1 aliphatic heterocycles. The molecule has 0 bridgehead atoms. The Bertz CT molecular complexity index is 425. The van der Waals surface area contributed by atoms with Crippen LogP contribution >= 0.6 is 0 Å². The molecule has 1 saturated heterocycles. The summed E-state index contributed by atoms with van der Waals surface area (Å²) in [6, 6.07) is 8.60. The quantitative estimate of drug-likeness (QED) is 0.569. The lowest BCUT2D eigenvalue weighted by Crippen LogP contribution is -2.34. The number of anilines is 1. The van der Waals surface area contributed by atoms with Gasteiger partial charge in [-0.1, -0.05) is 24.3 Å². The molecule has 1 aromatic rings. The molecule has 0 aromatic heterocycles. The van der Waals surface area contributed by atoms with E-state index in [1.54, 1.807) is 0 Å². The Hall–Kier alpha value is -1.32. The minimum absolute atomic E-state index is 0.343. The first-order valence-electron chi connectivity index (χ1n) is 8.09. The van der Waals surface area contributed by atoms with Crippen molar-refractivity contribution >= 4 is 5.69 Å². The maximum Gasteiger partial charge on any atom is 0.0460 e. The Labute approximate surface area is 128 Å². The maximum atomic E-state index is 9.22. The number of piperidine rings is 1. The normalized spacial score (nSPS) is 16.8. The fourth-order valence-electron chi connectivity index (χ4n) is 2.87. The molecule has 0 atom stereocenters. The van der Waals surface area contributed by atoms with E-state index in [4.69, 9.17) is 0 Å². The summed E-state index contributed by atoms with van der Waals surface area (Å²) in [6.07, 6.45) is 6.39. The molecule has 21 heavy (non-hydrogen) atoms. The summed E-state index contributed by atoms with van der Waals surface area (Å²) in [7, 11) is 0. The van der Waals surface area contributed by atoms with Crippen molar-refractivity contribution in [3.8, 4) is 0 Å². The molecule has 1 heterocycles. The van der Waals surface area contributed by atoms with Gasteiger partial charge in [0.15, 0.2) is 0 Å². The van der Waals surface area contributed by atoms with Crippen molar-refractivity contribution in [1.82, 2.24) is 4.90 Å². The monoisotopic (exact) mass is 288 g/mol. The average Bonchev–Trinajstić information content (AvgIpc) is 2.54. The van der Waals surface area contributed by atoms with Crippen molar-refractivity contribution in [2.24, 2.45) is 5.92 Å².